The number of phenolic OH excluding ortho intramolecular Hbond substituents is 1. The molecule has 0 aliphatic carbocycles. The van der Waals surface area contributed by atoms with Crippen molar-refractivity contribution in [2.75, 3.05) is 19.8 Å². The van der Waals surface area contributed by atoms with E-state index < -0.39 is 104 Å². The maximum atomic E-state index is 13.4. The van der Waals surface area contributed by atoms with Gasteiger partial charge in [0, 0.05) is 29.9 Å². The van der Waals surface area contributed by atoms with E-state index in [2.05, 4.69) is 36.9 Å². The quantitative estimate of drug-likeness (QED) is 0.0483. The highest BCUT2D eigenvalue weighted by Crippen LogP contribution is 2.19. The first-order chi connectivity index (χ1) is 27.5. The van der Waals surface area contributed by atoms with Crippen LogP contribution in [-0.2, 0) is 46.4 Å². The summed E-state index contributed by atoms with van der Waals surface area (Å²) in [7, 11) is 0. The number of hydrogen-bond donors (Lipinski definition) is 13. The number of carbonyl (C=O) groups is 7. The minimum absolute atomic E-state index is 0.0414. The lowest BCUT2D eigenvalue weighted by Gasteiger charge is -2.26. The Morgan fingerprint density at radius 3 is 1.69 bits per heavy atom. The van der Waals surface area contributed by atoms with Gasteiger partial charge in [0.05, 0.1) is 19.8 Å². The average Bonchev–Trinajstić information content (AvgIpc) is 3.60. The fourth-order valence-electron chi connectivity index (χ4n) is 5.74. The largest absolute Gasteiger partial charge is 0.508 e. The van der Waals surface area contributed by atoms with E-state index in [1.54, 1.807) is 26.1 Å². The predicted octanol–water partition coefficient (Wildman–Crippen LogP) is -2.98. The number of aliphatic hydroxyl groups excluding tert-OH is 3. The molecule has 0 fully saturated rings. The number of rotatable bonds is 22. The average molecular weight is 813 g/mol. The number of aliphatic hydroxyl groups is 3. The minimum Gasteiger partial charge on any atom is -0.508 e. The third kappa shape index (κ3) is 13.5. The second kappa shape index (κ2) is 22.0. The molecule has 0 unspecified atom stereocenters. The van der Waals surface area contributed by atoms with E-state index in [-0.39, 0.29) is 30.9 Å². The summed E-state index contributed by atoms with van der Waals surface area (Å²) in [5, 5.41) is 63.7. The van der Waals surface area contributed by atoms with Crippen molar-refractivity contribution in [3.05, 3.63) is 65.9 Å². The number of H-pyrrole nitrogens is 1. The van der Waals surface area contributed by atoms with Gasteiger partial charge in [-0.25, -0.2) is 4.79 Å². The number of carboxylic acids is 1. The molecular weight excluding hydrogens is 760 g/mol. The van der Waals surface area contributed by atoms with Crippen LogP contribution < -0.4 is 37.6 Å². The van der Waals surface area contributed by atoms with E-state index in [1.165, 1.54) is 31.2 Å². The summed E-state index contributed by atoms with van der Waals surface area (Å²) in [6, 6.07) is 2.80. The summed E-state index contributed by atoms with van der Waals surface area (Å²) in [5.41, 5.74) is 7.49. The fraction of sp³-hybridized carbons (Fsp3) is 0.447. The lowest BCUT2D eigenvalue weighted by atomic mass is 10.0. The van der Waals surface area contributed by atoms with E-state index >= 15 is 0 Å². The van der Waals surface area contributed by atoms with Gasteiger partial charge in [0.2, 0.25) is 35.4 Å². The van der Waals surface area contributed by atoms with Crippen molar-refractivity contribution in [1.82, 2.24) is 36.9 Å². The van der Waals surface area contributed by atoms with Crippen molar-refractivity contribution >= 4 is 52.3 Å². The molecule has 20 heteroatoms. The second-order valence-corrected chi connectivity index (χ2v) is 14.1. The maximum absolute atomic E-state index is 13.4. The van der Waals surface area contributed by atoms with Crippen LogP contribution in [0, 0.1) is 5.92 Å². The smallest absolute Gasteiger partial charge is 0.326 e. The first-order valence-corrected chi connectivity index (χ1v) is 18.4. The molecule has 0 aliphatic rings. The topological polar surface area (TPSA) is 335 Å². The Kier molecular flexibility index (Phi) is 17.6. The van der Waals surface area contributed by atoms with Gasteiger partial charge in [0.15, 0.2) is 0 Å². The summed E-state index contributed by atoms with van der Waals surface area (Å²) in [5.74, 6) is -7.20. The first-order valence-electron chi connectivity index (χ1n) is 18.4. The van der Waals surface area contributed by atoms with Gasteiger partial charge < -0.3 is 68.2 Å². The Hall–Kier alpha value is -6.09. The number of aliphatic carboxylic acids is 1. The Balaban J connectivity index is 1.65. The van der Waals surface area contributed by atoms with Gasteiger partial charge in [-0.1, -0.05) is 44.2 Å². The molecule has 0 saturated carbocycles. The molecule has 1 heterocycles. The molecule has 0 aliphatic heterocycles. The molecular formula is C38H52N8O12. The van der Waals surface area contributed by atoms with Crippen molar-refractivity contribution in [2.24, 2.45) is 11.7 Å². The lowest BCUT2D eigenvalue weighted by molar-refractivity contribution is -0.142. The number of aromatic nitrogens is 1. The van der Waals surface area contributed by atoms with Crippen LogP contribution in [0.15, 0.2) is 54.7 Å². The number of aromatic hydroxyl groups is 1. The van der Waals surface area contributed by atoms with Crippen LogP contribution in [0.4, 0.5) is 0 Å². The maximum Gasteiger partial charge on any atom is 0.326 e. The zero-order chi connectivity index (χ0) is 43.1. The van der Waals surface area contributed by atoms with Crippen LogP contribution >= 0.6 is 0 Å². The highest BCUT2D eigenvalue weighted by Gasteiger charge is 2.33. The molecule has 0 spiro atoms. The third-order valence-electron chi connectivity index (χ3n) is 8.98. The molecule has 0 bridgehead atoms. The summed E-state index contributed by atoms with van der Waals surface area (Å²) in [6.07, 6.45) is 1.47. The van der Waals surface area contributed by atoms with E-state index in [4.69, 9.17) is 5.73 Å². The Morgan fingerprint density at radius 1 is 0.621 bits per heavy atom. The zero-order valence-electron chi connectivity index (χ0n) is 32.2. The number of hydrogen-bond acceptors (Lipinski definition) is 12. The normalized spacial score (nSPS) is 14.8. The van der Waals surface area contributed by atoms with Gasteiger partial charge in [-0.05, 0) is 48.6 Å². The van der Waals surface area contributed by atoms with Crippen molar-refractivity contribution in [1.29, 1.82) is 0 Å². The van der Waals surface area contributed by atoms with Gasteiger partial charge in [0.25, 0.3) is 0 Å². The van der Waals surface area contributed by atoms with Gasteiger partial charge in [0.1, 0.15) is 48.0 Å². The highest BCUT2D eigenvalue weighted by molar-refractivity contribution is 5.97. The SMILES string of the molecule is CC(C)C[C@H](NC(=O)[C@H](CO)NC(=O)[C@H](CO)NC(=O)[C@H](Cc1ccc(O)cc1)NC(=O)[C@@H](N)CO)C(=O)N[C@@H](C)C(=O)N[C@@H](Cc1c[nH]c2ccccc12)C(=O)O. The van der Waals surface area contributed by atoms with Crippen molar-refractivity contribution in [3.63, 3.8) is 0 Å². The number of para-hydroxylation sites is 1. The molecule has 7 atom stereocenters. The highest BCUT2D eigenvalue weighted by atomic mass is 16.4. The standard InChI is InChI=1S/C38H52N8O12/c1-19(2)12-27(34(53)41-20(3)32(51)44-29(38(57)58)14-22-15-40-26-7-5-4-6-24(22)26)43-36(55)30(17-48)46-37(56)31(18-49)45-35(54)28(42-33(52)25(39)16-47)13-21-8-10-23(50)11-9-21/h4-11,15,19-20,25,27-31,40,47-50H,12-14,16-18,39H2,1-3H3,(H,41,53)(H,42,52)(H,43,55)(H,44,51)(H,45,54)(H,46,56)(H,57,58)/t20-,25-,27-,28-,29-,30-,31-/m0/s1. The lowest BCUT2D eigenvalue weighted by Crippen LogP contribution is -2.61. The number of carbonyl (C=O) groups excluding carboxylic acids is 6. The number of benzene rings is 2. The molecule has 3 rings (SSSR count). The van der Waals surface area contributed by atoms with E-state index in [1.807, 2.05) is 18.2 Å². The number of phenols is 1. The number of nitrogens with one attached hydrogen (secondary N) is 7. The fourth-order valence-corrected chi connectivity index (χ4v) is 5.74. The number of aromatic amines is 1. The third-order valence-corrected chi connectivity index (χ3v) is 8.98. The molecule has 316 valence electrons. The van der Waals surface area contributed by atoms with Crippen molar-refractivity contribution in [3.8, 4) is 5.75 Å². The summed E-state index contributed by atoms with van der Waals surface area (Å²) < 4.78 is 0. The van der Waals surface area contributed by atoms with Crippen LogP contribution in [-0.4, -0.2) is 134 Å². The molecule has 1 aromatic heterocycles. The van der Waals surface area contributed by atoms with Gasteiger partial charge in [-0.15, -0.1) is 0 Å². The molecule has 20 nitrogen and oxygen atoms in total. The molecule has 0 saturated heterocycles. The van der Waals surface area contributed by atoms with Crippen LogP contribution in [0.2, 0.25) is 0 Å². The van der Waals surface area contributed by atoms with Gasteiger partial charge in [-0.2, -0.15) is 0 Å². The van der Waals surface area contributed by atoms with Crippen LogP contribution in [0.1, 0.15) is 38.3 Å². The predicted molar refractivity (Wildman–Crippen MR) is 207 cm³/mol. The van der Waals surface area contributed by atoms with E-state index in [0.717, 1.165) is 10.9 Å². The first kappa shape index (κ1) is 46.3. The zero-order valence-corrected chi connectivity index (χ0v) is 32.2. The van der Waals surface area contributed by atoms with Crippen LogP contribution in [0.3, 0.4) is 0 Å². The molecule has 3 aromatic rings. The van der Waals surface area contributed by atoms with Crippen LogP contribution in [0.5, 0.6) is 5.75 Å². The second-order valence-electron chi connectivity index (χ2n) is 14.1. The van der Waals surface area contributed by atoms with E-state index in [0.29, 0.717) is 11.1 Å². The Labute approximate surface area is 333 Å². The molecule has 6 amide bonds. The molecule has 2 aromatic carbocycles. The molecule has 58 heavy (non-hydrogen) atoms. The van der Waals surface area contributed by atoms with Crippen molar-refractivity contribution < 1.29 is 59.1 Å². The minimum atomic E-state index is -1.71. The van der Waals surface area contributed by atoms with Crippen LogP contribution in [0.25, 0.3) is 10.9 Å². The Bertz CT molecular complexity index is 1900. The molecule has 0 radical (unpaired) electrons. The molecule has 14 N–H and O–H groups in total. The van der Waals surface area contributed by atoms with Gasteiger partial charge in [-0.3, -0.25) is 28.8 Å². The summed E-state index contributed by atoms with van der Waals surface area (Å²) in [4.78, 5) is 93.8. The number of carboxylic acid groups (broad SMARTS) is 1. The number of fused-ring (bicyclic) bond motifs is 1. The number of nitrogens with two attached hydrogens (primary N) is 1. The summed E-state index contributed by atoms with van der Waals surface area (Å²) >= 11 is 0. The van der Waals surface area contributed by atoms with Crippen molar-refractivity contribution in [2.45, 2.75) is 82.3 Å². The van der Waals surface area contributed by atoms with E-state index in [9.17, 15) is 59.1 Å². The Morgan fingerprint density at radius 2 is 1.14 bits per heavy atom. The monoisotopic (exact) mass is 812 g/mol. The summed E-state index contributed by atoms with van der Waals surface area (Å²) in [6.45, 7) is 2.12. The van der Waals surface area contributed by atoms with Gasteiger partial charge >= 0.3 is 5.97 Å². The number of amides is 6.